The van der Waals surface area contributed by atoms with E-state index in [1.807, 2.05) is 38.8 Å². The summed E-state index contributed by atoms with van der Waals surface area (Å²) in [5.41, 5.74) is 7.31. The van der Waals surface area contributed by atoms with Crippen molar-refractivity contribution in [3.8, 4) is 23.7 Å². The number of carbonyl (C=O) groups is 4. The number of alkyl carbamates (subject to hydrolysis) is 1. The van der Waals surface area contributed by atoms with Gasteiger partial charge in [-0.25, -0.2) is 9.78 Å². The minimum atomic E-state index is -0.692. The molecule has 2 unspecified atom stereocenters. The van der Waals surface area contributed by atoms with Gasteiger partial charge >= 0.3 is 12.1 Å². The Bertz CT molecular complexity index is 2110. The van der Waals surface area contributed by atoms with Crippen LogP contribution >= 0.6 is 0 Å². The van der Waals surface area contributed by atoms with E-state index in [0.29, 0.717) is 42.9 Å². The van der Waals surface area contributed by atoms with Crippen LogP contribution in [0.3, 0.4) is 0 Å². The maximum Gasteiger partial charge on any atom is 0.407 e. The summed E-state index contributed by atoms with van der Waals surface area (Å²) < 4.78 is 9.65. The van der Waals surface area contributed by atoms with Crippen LogP contribution in [0.5, 0.6) is 0 Å². The van der Waals surface area contributed by atoms with Crippen molar-refractivity contribution in [1.29, 1.82) is 0 Å². The molecule has 1 saturated carbocycles. The zero-order valence-corrected chi connectivity index (χ0v) is 33.9. The molecule has 2 N–H and O–H groups in total. The molecule has 3 fully saturated rings. The number of aromatic nitrogens is 2. The van der Waals surface area contributed by atoms with Crippen LogP contribution in [0.1, 0.15) is 137 Å². The van der Waals surface area contributed by atoms with Crippen LogP contribution in [0.4, 0.5) is 4.79 Å². The average Bonchev–Trinajstić information content (AvgIpc) is 4.06. The van der Waals surface area contributed by atoms with Crippen LogP contribution in [-0.4, -0.2) is 88.7 Å². The predicted octanol–water partition coefficient (Wildman–Crippen LogP) is 6.12. The Kier molecular flexibility index (Phi) is 11.9. The molecule has 300 valence electrons. The Morgan fingerprint density at radius 3 is 2.12 bits per heavy atom. The van der Waals surface area contributed by atoms with Crippen LogP contribution < -0.4 is 5.32 Å². The highest BCUT2D eigenvalue weighted by molar-refractivity contribution is 5.98. The number of allylic oxidation sites excluding steroid dienone is 1. The monoisotopic (exact) mass is 774 g/mol. The molecule has 2 saturated heterocycles. The summed E-state index contributed by atoms with van der Waals surface area (Å²) in [5, 5.41) is 2.70. The fourth-order valence-corrected chi connectivity index (χ4v) is 9.47. The Morgan fingerprint density at radius 1 is 0.842 bits per heavy atom. The molecule has 0 radical (unpaired) electrons. The third kappa shape index (κ3) is 8.23. The SMILES string of the molecule is COC(=O)C[C@H](C(=O)N1CCC[C@H]1C1=NC=C(C#Cc2ccc(C#Cc3cnc([C@@H]4CCCN4C(=O)[C@@H](NC(=O)OC)C(C)C)[nH]3)c3c2C2CCC3C2)C1)C(C)C. The highest BCUT2D eigenvalue weighted by Gasteiger charge is 2.41. The number of aliphatic imine (C=N–C) groups is 1. The van der Waals surface area contributed by atoms with Crippen LogP contribution in [0, 0.1) is 41.4 Å². The largest absolute Gasteiger partial charge is 0.469 e. The summed E-state index contributed by atoms with van der Waals surface area (Å²) in [5.74, 6) is 14.3. The van der Waals surface area contributed by atoms with E-state index in [2.05, 4.69) is 51.1 Å². The highest BCUT2D eigenvalue weighted by atomic mass is 16.5. The number of methoxy groups -OCH3 is 2. The maximum atomic E-state index is 13.7. The summed E-state index contributed by atoms with van der Waals surface area (Å²) >= 11 is 0. The molecule has 1 aromatic heterocycles. The van der Waals surface area contributed by atoms with E-state index in [4.69, 9.17) is 14.5 Å². The molecule has 2 aliphatic carbocycles. The van der Waals surface area contributed by atoms with Gasteiger partial charge in [0.2, 0.25) is 11.8 Å². The first-order valence-electron chi connectivity index (χ1n) is 20.5. The quantitative estimate of drug-likeness (QED) is 0.231. The van der Waals surface area contributed by atoms with E-state index in [1.165, 1.54) is 25.3 Å². The summed E-state index contributed by atoms with van der Waals surface area (Å²) in [7, 11) is 2.65. The van der Waals surface area contributed by atoms with Crippen molar-refractivity contribution in [2.75, 3.05) is 27.3 Å². The van der Waals surface area contributed by atoms with E-state index in [9.17, 15) is 19.2 Å². The molecule has 2 aromatic rings. The lowest BCUT2D eigenvalue weighted by atomic mass is 9.85. The van der Waals surface area contributed by atoms with Gasteiger partial charge < -0.3 is 29.6 Å². The molecule has 7 rings (SSSR count). The molecule has 5 aliphatic rings. The number of imidazole rings is 1. The van der Waals surface area contributed by atoms with Gasteiger partial charge in [0.1, 0.15) is 17.6 Å². The van der Waals surface area contributed by atoms with Gasteiger partial charge in [0, 0.05) is 48.1 Å². The summed E-state index contributed by atoms with van der Waals surface area (Å²) in [6, 6.07) is 3.20. The second kappa shape index (κ2) is 17.0. The second-order valence-corrected chi connectivity index (χ2v) is 16.7. The van der Waals surface area contributed by atoms with Crippen molar-refractivity contribution in [2.45, 2.75) is 115 Å². The topological polar surface area (TPSA) is 146 Å². The molecule has 6 atom stereocenters. The second-order valence-electron chi connectivity index (χ2n) is 16.7. The first-order valence-corrected chi connectivity index (χ1v) is 20.5. The molecule has 3 aliphatic heterocycles. The van der Waals surface area contributed by atoms with Crippen molar-refractivity contribution in [1.82, 2.24) is 25.1 Å². The third-order valence-corrected chi connectivity index (χ3v) is 12.5. The van der Waals surface area contributed by atoms with E-state index in [0.717, 1.165) is 67.4 Å². The minimum absolute atomic E-state index is 0.000454. The lowest BCUT2D eigenvalue weighted by Crippen LogP contribution is -2.51. The number of H-pyrrole nitrogens is 1. The van der Waals surface area contributed by atoms with E-state index < -0.39 is 18.1 Å². The smallest absolute Gasteiger partial charge is 0.407 e. The van der Waals surface area contributed by atoms with Gasteiger partial charge in [-0.05, 0) is 97.8 Å². The summed E-state index contributed by atoms with van der Waals surface area (Å²) in [6.07, 6.45) is 10.5. The molecular weight excluding hydrogens is 721 g/mol. The van der Waals surface area contributed by atoms with Gasteiger partial charge in [0.25, 0.3) is 0 Å². The fourth-order valence-electron chi connectivity index (χ4n) is 9.47. The molecule has 0 spiro atoms. The Morgan fingerprint density at radius 2 is 1.49 bits per heavy atom. The number of esters is 1. The van der Waals surface area contributed by atoms with Crippen molar-refractivity contribution in [2.24, 2.45) is 22.7 Å². The fraction of sp³-hybridized carbons (Fsp3) is 0.556. The zero-order valence-electron chi connectivity index (χ0n) is 33.9. The van der Waals surface area contributed by atoms with Crippen molar-refractivity contribution >= 4 is 29.6 Å². The van der Waals surface area contributed by atoms with Crippen LogP contribution in [0.25, 0.3) is 0 Å². The lowest BCUT2D eigenvalue weighted by molar-refractivity contribution is -0.148. The van der Waals surface area contributed by atoms with Crippen LogP contribution in [-0.2, 0) is 23.9 Å². The number of amides is 3. The van der Waals surface area contributed by atoms with Crippen LogP contribution in [0.15, 0.2) is 35.1 Å². The number of aromatic amines is 1. The number of fused-ring (bicyclic) bond motifs is 5. The van der Waals surface area contributed by atoms with E-state index in [-0.39, 0.29) is 48.1 Å². The Hall–Kier alpha value is -5.36. The number of ether oxygens (including phenoxy) is 2. The summed E-state index contributed by atoms with van der Waals surface area (Å²) in [4.78, 5) is 67.8. The number of carbonyl (C=O) groups excluding carboxylic acids is 4. The summed E-state index contributed by atoms with van der Waals surface area (Å²) in [6.45, 7) is 9.01. The number of benzene rings is 1. The molecule has 4 heterocycles. The van der Waals surface area contributed by atoms with Crippen LogP contribution in [0.2, 0.25) is 0 Å². The standard InChI is InChI=1S/C45H54N6O6/c1-26(2)34(23-38(52)56-5)43(53)50-19-7-9-36(50)35-21-28(24-46-35)11-12-29-13-14-30(40-32-16-15-31(22-32)39(29)40)17-18-33-25-47-42(48-33)37-10-8-20-51(37)44(54)41(27(3)4)49-45(55)57-6/h13-14,24-27,31-32,34,36-37,41H,7-10,15-16,19-23H2,1-6H3,(H,47,48)(H,49,55)/t31?,32?,34-,36-,37-,41-/m0/s1. The van der Waals surface area contributed by atoms with E-state index in [1.54, 1.807) is 11.1 Å². The minimum Gasteiger partial charge on any atom is -0.469 e. The third-order valence-electron chi connectivity index (χ3n) is 12.5. The van der Waals surface area contributed by atoms with Gasteiger partial charge in [-0.3, -0.25) is 19.4 Å². The van der Waals surface area contributed by atoms with Crippen molar-refractivity contribution in [3.05, 3.63) is 63.9 Å². The molecule has 12 nitrogen and oxygen atoms in total. The number of likely N-dealkylation sites (tertiary alicyclic amines) is 2. The van der Waals surface area contributed by atoms with Gasteiger partial charge in [-0.1, -0.05) is 45.5 Å². The lowest BCUT2D eigenvalue weighted by Gasteiger charge is -2.30. The molecule has 57 heavy (non-hydrogen) atoms. The maximum absolute atomic E-state index is 13.7. The first kappa shape index (κ1) is 39.9. The molecule has 1 aromatic carbocycles. The number of rotatable bonds is 9. The van der Waals surface area contributed by atoms with E-state index >= 15 is 0 Å². The molecule has 12 heteroatoms. The number of hydrogen-bond acceptors (Lipinski definition) is 8. The first-order chi connectivity index (χ1) is 27.5. The molecule has 2 bridgehead atoms. The Labute approximate surface area is 335 Å². The zero-order chi connectivity index (χ0) is 40.4. The number of hydrogen-bond donors (Lipinski definition) is 2. The van der Waals surface area contributed by atoms with Gasteiger partial charge in [0.05, 0.1) is 44.8 Å². The van der Waals surface area contributed by atoms with Gasteiger partial charge in [0.15, 0.2) is 0 Å². The highest BCUT2D eigenvalue weighted by Crippen LogP contribution is 2.55. The molecule has 3 amide bonds. The Balaban J connectivity index is 1.04. The number of nitrogens with zero attached hydrogens (tertiary/aromatic N) is 4. The van der Waals surface area contributed by atoms with Crippen molar-refractivity contribution < 1.29 is 28.7 Å². The number of nitrogens with one attached hydrogen (secondary N) is 2. The van der Waals surface area contributed by atoms with Gasteiger partial charge in [-0.2, -0.15) is 0 Å². The average molecular weight is 775 g/mol. The van der Waals surface area contributed by atoms with Gasteiger partial charge in [-0.15, -0.1) is 0 Å². The predicted molar refractivity (Wildman–Crippen MR) is 215 cm³/mol. The normalized spacial score (nSPS) is 22.9. The van der Waals surface area contributed by atoms with Crippen molar-refractivity contribution in [3.63, 3.8) is 0 Å². The molecular formula is C45H54N6O6.